The summed E-state index contributed by atoms with van der Waals surface area (Å²) in [6.07, 6.45) is 1.30. The van der Waals surface area contributed by atoms with E-state index in [0.717, 1.165) is 12.1 Å². The second-order valence-electron chi connectivity index (χ2n) is 6.86. The monoisotopic (exact) mass is 500 g/mol. The molecule has 3 aromatic rings. The van der Waals surface area contributed by atoms with Gasteiger partial charge >= 0.3 is 5.97 Å². The number of nitro groups is 1. The average Bonchev–Trinajstić information content (AvgIpc) is 2.83. The highest BCUT2D eigenvalue weighted by Gasteiger charge is 2.23. The average molecular weight is 500 g/mol. The van der Waals surface area contributed by atoms with Gasteiger partial charge in [0.25, 0.3) is 15.7 Å². The summed E-state index contributed by atoms with van der Waals surface area (Å²) in [4.78, 5) is 20.9. The van der Waals surface area contributed by atoms with Crippen LogP contribution in [0.25, 0.3) is 0 Å². The first-order valence-corrected chi connectivity index (χ1v) is 11.4. The fraction of sp³-hybridized carbons (Fsp3) is 0.0909. The number of anilines is 2. The van der Waals surface area contributed by atoms with Crippen LogP contribution in [0.2, 0.25) is 0 Å². The molecular weight excluding hydrogens is 480 g/mol. The maximum absolute atomic E-state index is 13.1. The SMILES string of the molecule is COc1ccc(NS(=O)(=O)c2cc([N+](=O)[O-])ccc2N/N=C\c2ccccc2OCC(=O)O)cc1. The van der Waals surface area contributed by atoms with Gasteiger partial charge in [0.15, 0.2) is 6.61 Å². The number of hydrogen-bond acceptors (Lipinski definition) is 9. The zero-order valence-corrected chi connectivity index (χ0v) is 19.1. The molecule has 3 aromatic carbocycles. The van der Waals surface area contributed by atoms with Gasteiger partial charge in [0.1, 0.15) is 16.4 Å². The minimum absolute atomic E-state index is 0.0307. The number of carbonyl (C=O) groups is 1. The molecule has 0 saturated carbocycles. The Morgan fingerprint density at radius 3 is 2.51 bits per heavy atom. The maximum atomic E-state index is 13.1. The van der Waals surface area contributed by atoms with Crippen molar-refractivity contribution in [2.24, 2.45) is 5.10 Å². The second-order valence-corrected chi connectivity index (χ2v) is 8.51. The van der Waals surface area contributed by atoms with Crippen LogP contribution in [0.15, 0.2) is 76.7 Å². The quantitative estimate of drug-likeness (QED) is 0.203. The van der Waals surface area contributed by atoms with Crippen LogP contribution in [0.3, 0.4) is 0 Å². The van der Waals surface area contributed by atoms with Crippen LogP contribution < -0.4 is 19.6 Å². The number of carboxylic acids is 1. The van der Waals surface area contributed by atoms with Crippen LogP contribution in [-0.2, 0) is 14.8 Å². The van der Waals surface area contributed by atoms with Gasteiger partial charge in [0.2, 0.25) is 0 Å². The molecule has 0 aliphatic rings. The first-order valence-electron chi connectivity index (χ1n) is 9.87. The molecule has 0 aromatic heterocycles. The minimum Gasteiger partial charge on any atom is -0.497 e. The number of carboxylic acid groups (broad SMARTS) is 1. The van der Waals surface area contributed by atoms with E-state index >= 15 is 0 Å². The van der Waals surface area contributed by atoms with Gasteiger partial charge in [-0.2, -0.15) is 5.10 Å². The second kappa shape index (κ2) is 11.0. The maximum Gasteiger partial charge on any atom is 0.341 e. The predicted molar refractivity (Wildman–Crippen MR) is 128 cm³/mol. The van der Waals surface area contributed by atoms with E-state index in [1.807, 2.05) is 0 Å². The van der Waals surface area contributed by atoms with Gasteiger partial charge in [-0.1, -0.05) is 12.1 Å². The highest BCUT2D eigenvalue weighted by Crippen LogP contribution is 2.29. The Kier molecular flexibility index (Phi) is 7.84. The predicted octanol–water partition coefficient (Wildman–Crippen LogP) is 3.31. The number of para-hydroxylation sites is 1. The van der Waals surface area contributed by atoms with Crippen molar-refractivity contribution in [3.8, 4) is 11.5 Å². The Balaban J connectivity index is 1.89. The molecule has 13 heteroatoms. The molecule has 0 atom stereocenters. The smallest absolute Gasteiger partial charge is 0.341 e. The van der Waals surface area contributed by atoms with Crippen molar-refractivity contribution in [3.63, 3.8) is 0 Å². The van der Waals surface area contributed by atoms with Crippen molar-refractivity contribution in [2.75, 3.05) is 23.9 Å². The number of rotatable bonds is 11. The molecule has 0 fully saturated rings. The summed E-state index contributed by atoms with van der Waals surface area (Å²) in [6, 6.07) is 15.8. The fourth-order valence-electron chi connectivity index (χ4n) is 2.84. The fourth-order valence-corrected chi connectivity index (χ4v) is 4.07. The molecule has 0 unspecified atom stereocenters. The molecule has 0 radical (unpaired) electrons. The topological polar surface area (TPSA) is 169 Å². The number of sulfonamides is 1. The third-order valence-electron chi connectivity index (χ3n) is 4.47. The largest absolute Gasteiger partial charge is 0.497 e. The lowest BCUT2D eigenvalue weighted by molar-refractivity contribution is -0.385. The van der Waals surface area contributed by atoms with E-state index in [-0.39, 0.29) is 17.1 Å². The molecule has 0 bridgehead atoms. The van der Waals surface area contributed by atoms with E-state index in [9.17, 15) is 23.3 Å². The number of ether oxygens (including phenoxy) is 2. The molecule has 0 saturated heterocycles. The number of hydrazone groups is 1. The zero-order chi connectivity index (χ0) is 25.4. The number of benzene rings is 3. The number of nitrogens with zero attached hydrogens (tertiary/aromatic N) is 2. The summed E-state index contributed by atoms with van der Waals surface area (Å²) >= 11 is 0. The van der Waals surface area contributed by atoms with Crippen molar-refractivity contribution in [3.05, 3.63) is 82.4 Å². The number of hydrogen-bond donors (Lipinski definition) is 3. The Morgan fingerprint density at radius 1 is 1.14 bits per heavy atom. The van der Waals surface area contributed by atoms with Crippen LogP contribution in [0.4, 0.5) is 17.1 Å². The number of nitrogens with one attached hydrogen (secondary N) is 2. The zero-order valence-electron chi connectivity index (χ0n) is 18.2. The third kappa shape index (κ3) is 6.68. The van der Waals surface area contributed by atoms with Gasteiger partial charge in [-0.3, -0.25) is 20.3 Å². The van der Waals surface area contributed by atoms with Crippen molar-refractivity contribution in [2.45, 2.75) is 4.90 Å². The Labute approximate surface area is 200 Å². The number of nitro benzene ring substituents is 1. The molecule has 182 valence electrons. The van der Waals surface area contributed by atoms with E-state index in [1.165, 1.54) is 31.5 Å². The van der Waals surface area contributed by atoms with E-state index in [4.69, 9.17) is 14.6 Å². The van der Waals surface area contributed by atoms with Gasteiger partial charge in [0.05, 0.1) is 23.9 Å². The van der Waals surface area contributed by atoms with Crippen LogP contribution >= 0.6 is 0 Å². The van der Waals surface area contributed by atoms with E-state index in [0.29, 0.717) is 11.3 Å². The lowest BCUT2D eigenvalue weighted by Crippen LogP contribution is -2.15. The Morgan fingerprint density at radius 2 is 1.86 bits per heavy atom. The summed E-state index contributed by atoms with van der Waals surface area (Å²) in [5.74, 6) is -0.384. The van der Waals surface area contributed by atoms with Gasteiger partial charge in [-0.15, -0.1) is 0 Å². The summed E-state index contributed by atoms with van der Waals surface area (Å²) in [6.45, 7) is -0.555. The molecule has 3 rings (SSSR count). The molecule has 35 heavy (non-hydrogen) atoms. The van der Waals surface area contributed by atoms with Crippen LogP contribution in [0.5, 0.6) is 11.5 Å². The van der Waals surface area contributed by atoms with Crippen LogP contribution in [0.1, 0.15) is 5.56 Å². The number of methoxy groups -OCH3 is 1. The summed E-state index contributed by atoms with van der Waals surface area (Å²) in [7, 11) is -2.79. The molecule has 12 nitrogen and oxygen atoms in total. The standard InChI is InChI=1S/C22H20N4O8S/c1-33-18-9-6-16(7-10-18)25-35(31,32)21-12-17(26(29)30)8-11-19(21)24-23-13-15-4-2-3-5-20(15)34-14-22(27)28/h2-13,24-25H,14H2,1H3,(H,27,28)/b23-13-. The Hall–Kier alpha value is -4.65. The molecule has 0 spiro atoms. The van der Waals surface area contributed by atoms with Gasteiger partial charge in [-0.05, 0) is 42.5 Å². The van der Waals surface area contributed by atoms with Crippen molar-refractivity contribution in [1.82, 2.24) is 0 Å². The van der Waals surface area contributed by atoms with Crippen molar-refractivity contribution < 1.29 is 32.7 Å². The highest BCUT2D eigenvalue weighted by molar-refractivity contribution is 7.92. The van der Waals surface area contributed by atoms with Crippen molar-refractivity contribution >= 4 is 39.3 Å². The highest BCUT2D eigenvalue weighted by atomic mass is 32.2. The minimum atomic E-state index is -4.26. The van der Waals surface area contributed by atoms with Gasteiger partial charge in [0, 0.05) is 23.4 Å². The van der Waals surface area contributed by atoms with Gasteiger partial charge < -0.3 is 14.6 Å². The molecule has 0 amide bonds. The lowest BCUT2D eigenvalue weighted by atomic mass is 10.2. The summed E-state index contributed by atoms with van der Waals surface area (Å²) in [5, 5.41) is 24.0. The molecule has 0 aliphatic heterocycles. The summed E-state index contributed by atoms with van der Waals surface area (Å²) in [5.41, 5.74) is 2.75. The number of non-ortho nitro benzene ring substituents is 1. The Bertz CT molecular complexity index is 1360. The summed E-state index contributed by atoms with van der Waals surface area (Å²) < 4.78 is 38.7. The van der Waals surface area contributed by atoms with Crippen molar-refractivity contribution in [1.29, 1.82) is 0 Å². The van der Waals surface area contributed by atoms with E-state index in [1.54, 1.807) is 36.4 Å². The molecule has 0 heterocycles. The van der Waals surface area contributed by atoms with E-state index < -0.39 is 38.1 Å². The molecule has 0 aliphatic carbocycles. The normalized spacial score (nSPS) is 11.1. The third-order valence-corrected chi connectivity index (χ3v) is 5.89. The lowest BCUT2D eigenvalue weighted by Gasteiger charge is -2.12. The van der Waals surface area contributed by atoms with Gasteiger partial charge in [-0.25, -0.2) is 13.2 Å². The number of aliphatic carboxylic acids is 1. The molecule has 3 N–H and O–H groups in total. The van der Waals surface area contributed by atoms with Crippen LogP contribution in [0, 0.1) is 10.1 Å². The molecular formula is C22H20N4O8S. The first-order chi connectivity index (χ1) is 16.7. The van der Waals surface area contributed by atoms with Crippen LogP contribution in [-0.4, -0.2) is 44.3 Å². The first kappa shape index (κ1) is 25.0. The van der Waals surface area contributed by atoms with E-state index in [2.05, 4.69) is 15.2 Å².